The van der Waals surface area contributed by atoms with E-state index in [-0.39, 0.29) is 6.10 Å². The molecule has 2 heterocycles. The second kappa shape index (κ2) is 5.83. The minimum absolute atomic E-state index is 0.243. The van der Waals surface area contributed by atoms with Gasteiger partial charge < -0.3 is 10.1 Å². The van der Waals surface area contributed by atoms with Crippen LogP contribution in [0.2, 0.25) is 0 Å². The quantitative estimate of drug-likeness (QED) is 0.889. The Bertz CT molecular complexity index is 459. The summed E-state index contributed by atoms with van der Waals surface area (Å²) in [7, 11) is 0. The zero-order chi connectivity index (χ0) is 13.0. The standard InChI is InChI=1S/C14H19N3O/c1-10-7-11(2)17-14(13(10)8-15)16-9-12-5-3-4-6-18-12/h7,12H,3-6,9H2,1-2H3,(H,16,17). The molecule has 0 aliphatic carbocycles. The van der Waals surface area contributed by atoms with E-state index in [2.05, 4.69) is 16.4 Å². The van der Waals surface area contributed by atoms with Crippen LogP contribution in [-0.4, -0.2) is 24.2 Å². The van der Waals surface area contributed by atoms with Crippen LogP contribution in [0, 0.1) is 25.2 Å². The SMILES string of the molecule is Cc1cc(C)c(C#N)c(NCC2CCCCO2)n1. The molecular formula is C14H19N3O. The molecule has 0 amide bonds. The van der Waals surface area contributed by atoms with E-state index in [1.165, 1.54) is 6.42 Å². The first-order valence-electron chi connectivity index (χ1n) is 6.44. The minimum atomic E-state index is 0.243. The van der Waals surface area contributed by atoms with E-state index in [0.29, 0.717) is 11.4 Å². The van der Waals surface area contributed by atoms with Crippen molar-refractivity contribution in [2.75, 3.05) is 18.5 Å². The van der Waals surface area contributed by atoms with Crippen molar-refractivity contribution >= 4 is 5.82 Å². The van der Waals surface area contributed by atoms with Gasteiger partial charge in [-0.2, -0.15) is 5.26 Å². The molecule has 2 rings (SSSR count). The van der Waals surface area contributed by atoms with Crippen LogP contribution >= 0.6 is 0 Å². The molecule has 1 atom stereocenters. The Morgan fingerprint density at radius 3 is 3.00 bits per heavy atom. The third-order valence-electron chi connectivity index (χ3n) is 3.23. The maximum atomic E-state index is 9.17. The highest BCUT2D eigenvalue weighted by Gasteiger charge is 2.15. The number of nitrogens with one attached hydrogen (secondary N) is 1. The zero-order valence-electron chi connectivity index (χ0n) is 11.0. The van der Waals surface area contributed by atoms with Gasteiger partial charge in [0.1, 0.15) is 11.9 Å². The highest BCUT2D eigenvalue weighted by Crippen LogP contribution is 2.19. The van der Waals surface area contributed by atoms with Gasteiger partial charge >= 0.3 is 0 Å². The molecule has 4 heteroatoms. The molecular weight excluding hydrogens is 226 g/mol. The summed E-state index contributed by atoms with van der Waals surface area (Å²) in [6.07, 6.45) is 3.70. The van der Waals surface area contributed by atoms with Gasteiger partial charge in [-0.05, 0) is 44.7 Å². The van der Waals surface area contributed by atoms with E-state index in [1.807, 2.05) is 19.9 Å². The summed E-state index contributed by atoms with van der Waals surface area (Å²) in [5, 5.41) is 12.4. The number of aromatic nitrogens is 1. The Hall–Kier alpha value is -1.60. The van der Waals surface area contributed by atoms with Gasteiger partial charge in [-0.3, -0.25) is 0 Å². The molecule has 0 spiro atoms. The highest BCUT2D eigenvalue weighted by atomic mass is 16.5. The van der Waals surface area contributed by atoms with E-state index in [1.54, 1.807) is 0 Å². The van der Waals surface area contributed by atoms with Crippen LogP contribution in [-0.2, 0) is 4.74 Å². The van der Waals surface area contributed by atoms with Gasteiger partial charge in [0.15, 0.2) is 0 Å². The summed E-state index contributed by atoms with van der Waals surface area (Å²) in [4.78, 5) is 4.40. The minimum Gasteiger partial charge on any atom is -0.376 e. The van der Waals surface area contributed by atoms with E-state index < -0.39 is 0 Å². The van der Waals surface area contributed by atoms with Gasteiger partial charge in [0.25, 0.3) is 0 Å². The summed E-state index contributed by atoms with van der Waals surface area (Å²) in [6, 6.07) is 4.14. The number of ether oxygens (including phenoxy) is 1. The molecule has 1 unspecified atom stereocenters. The van der Waals surface area contributed by atoms with Crippen LogP contribution in [0.25, 0.3) is 0 Å². The maximum absolute atomic E-state index is 9.17. The topological polar surface area (TPSA) is 57.9 Å². The van der Waals surface area contributed by atoms with Gasteiger partial charge in [0.05, 0.1) is 11.7 Å². The molecule has 1 aromatic rings. The van der Waals surface area contributed by atoms with Crippen molar-refractivity contribution in [3.8, 4) is 6.07 Å². The number of aryl methyl sites for hydroxylation is 2. The number of pyridine rings is 1. The van der Waals surface area contributed by atoms with Crippen LogP contribution < -0.4 is 5.32 Å². The lowest BCUT2D eigenvalue weighted by molar-refractivity contribution is 0.0247. The van der Waals surface area contributed by atoms with Crippen molar-refractivity contribution in [2.45, 2.75) is 39.2 Å². The molecule has 1 saturated heterocycles. The van der Waals surface area contributed by atoms with Crippen LogP contribution in [0.5, 0.6) is 0 Å². The Morgan fingerprint density at radius 1 is 1.50 bits per heavy atom. The van der Waals surface area contributed by atoms with Crippen LogP contribution in [0.3, 0.4) is 0 Å². The fourth-order valence-corrected chi connectivity index (χ4v) is 2.28. The van der Waals surface area contributed by atoms with E-state index in [4.69, 9.17) is 10.00 Å². The van der Waals surface area contributed by atoms with E-state index in [0.717, 1.165) is 37.3 Å². The summed E-state index contributed by atoms with van der Waals surface area (Å²) < 4.78 is 5.66. The molecule has 0 aromatic carbocycles. The summed E-state index contributed by atoms with van der Waals surface area (Å²) in [6.45, 7) is 5.45. The molecule has 0 radical (unpaired) electrons. The zero-order valence-corrected chi connectivity index (χ0v) is 11.0. The first kappa shape index (κ1) is 12.8. The van der Waals surface area contributed by atoms with Crippen LogP contribution in [0.4, 0.5) is 5.82 Å². The number of anilines is 1. The first-order chi connectivity index (χ1) is 8.70. The van der Waals surface area contributed by atoms with Gasteiger partial charge in [-0.1, -0.05) is 0 Å². The average molecular weight is 245 g/mol. The van der Waals surface area contributed by atoms with Gasteiger partial charge in [0.2, 0.25) is 0 Å². The lowest BCUT2D eigenvalue weighted by Gasteiger charge is -2.23. The van der Waals surface area contributed by atoms with Crippen molar-refractivity contribution in [3.05, 3.63) is 22.9 Å². The first-order valence-corrected chi connectivity index (χ1v) is 6.44. The number of rotatable bonds is 3. The number of hydrogen-bond acceptors (Lipinski definition) is 4. The largest absolute Gasteiger partial charge is 0.376 e. The Morgan fingerprint density at radius 2 is 2.33 bits per heavy atom. The lowest BCUT2D eigenvalue weighted by Crippen LogP contribution is -2.27. The predicted molar refractivity (Wildman–Crippen MR) is 70.5 cm³/mol. The number of nitrogens with zero attached hydrogens (tertiary/aromatic N) is 2. The second-order valence-corrected chi connectivity index (χ2v) is 4.79. The molecule has 1 aliphatic rings. The van der Waals surface area contributed by atoms with Crippen LogP contribution in [0.15, 0.2) is 6.07 Å². The normalized spacial score (nSPS) is 19.3. The molecule has 1 fully saturated rings. The fraction of sp³-hybridized carbons (Fsp3) is 0.571. The van der Waals surface area contributed by atoms with Gasteiger partial charge in [0, 0.05) is 18.8 Å². The molecule has 0 saturated carbocycles. The smallest absolute Gasteiger partial charge is 0.144 e. The highest BCUT2D eigenvalue weighted by molar-refractivity contribution is 5.56. The van der Waals surface area contributed by atoms with Crippen LogP contribution in [0.1, 0.15) is 36.1 Å². The number of hydrogen-bond donors (Lipinski definition) is 1. The summed E-state index contributed by atoms with van der Waals surface area (Å²) in [5.74, 6) is 0.684. The molecule has 1 aliphatic heterocycles. The van der Waals surface area contributed by atoms with Crippen molar-refractivity contribution in [3.63, 3.8) is 0 Å². The van der Waals surface area contributed by atoms with Gasteiger partial charge in [-0.25, -0.2) is 4.98 Å². The Kier molecular flexibility index (Phi) is 4.16. The average Bonchev–Trinajstić information content (AvgIpc) is 2.37. The predicted octanol–water partition coefficient (Wildman–Crippen LogP) is 2.55. The Balaban J connectivity index is 2.06. The third-order valence-corrected chi connectivity index (χ3v) is 3.23. The van der Waals surface area contributed by atoms with Gasteiger partial charge in [-0.15, -0.1) is 0 Å². The van der Waals surface area contributed by atoms with E-state index >= 15 is 0 Å². The molecule has 18 heavy (non-hydrogen) atoms. The second-order valence-electron chi connectivity index (χ2n) is 4.79. The van der Waals surface area contributed by atoms with Crippen molar-refractivity contribution in [1.29, 1.82) is 5.26 Å². The molecule has 1 aromatic heterocycles. The monoisotopic (exact) mass is 245 g/mol. The number of nitriles is 1. The third kappa shape index (κ3) is 2.99. The molecule has 4 nitrogen and oxygen atoms in total. The van der Waals surface area contributed by atoms with Crippen molar-refractivity contribution < 1.29 is 4.74 Å². The maximum Gasteiger partial charge on any atom is 0.144 e. The van der Waals surface area contributed by atoms with Crippen molar-refractivity contribution in [2.24, 2.45) is 0 Å². The van der Waals surface area contributed by atoms with E-state index in [9.17, 15) is 0 Å². The molecule has 0 bridgehead atoms. The lowest BCUT2D eigenvalue weighted by atomic mass is 10.1. The summed E-state index contributed by atoms with van der Waals surface area (Å²) >= 11 is 0. The fourth-order valence-electron chi connectivity index (χ4n) is 2.28. The Labute approximate surface area is 108 Å². The summed E-state index contributed by atoms with van der Waals surface area (Å²) in [5.41, 5.74) is 2.53. The molecule has 96 valence electrons. The van der Waals surface area contributed by atoms with Crippen molar-refractivity contribution in [1.82, 2.24) is 4.98 Å². The molecule has 1 N–H and O–H groups in total.